The van der Waals surface area contributed by atoms with Crippen LogP contribution >= 0.6 is 11.3 Å². The molecule has 0 atom stereocenters. The van der Waals surface area contributed by atoms with Gasteiger partial charge in [-0.1, -0.05) is 54.5 Å². The predicted octanol–water partition coefficient (Wildman–Crippen LogP) is 6.87. The van der Waals surface area contributed by atoms with Crippen molar-refractivity contribution in [1.82, 2.24) is 0 Å². The number of benzene rings is 3. The molecule has 0 saturated carbocycles. The van der Waals surface area contributed by atoms with Crippen LogP contribution in [0.1, 0.15) is 4.88 Å². The predicted molar refractivity (Wildman–Crippen MR) is 112 cm³/mol. The maximum Gasteiger partial charge on any atom is 0.0772 e. The summed E-state index contributed by atoms with van der Waals surface area (Å²) < 4.78 is 0. The molecule has 1 heterocycles. The van der Waals surface area contributed by atoms with Gasteiger partial charge in [0.15, 0.2) is 0 Å². The normalized spacial score (nSPS) is 10.3. The third kappa shape index (κ3) is 3.26. The Morgan fingerprint density at radius 1 is 0.615 bits per heavy atom. The molecule has 4 rings (SSSR count). The molecule has 3 aromatic carbocycles. The van der Waals surface area contributed by atoms with Gasteiger partial charge < -0.3 is 4.90 Å². The van der Waals surface area contributed by atoms with Gasteiger partial charge in [0.25, 0.3) is 0 Å². The lowest BCUT2D eigenvalue weighted by atomic mass is 10.1. The number of hydrogen-bond acceptors (Lipinski definition) is 2. The van der Waals surface area contributed by atoms with Crippen molar-refractivity contribution >= 4 is 28.4 Å². The molecule has 1 nitrogen and oxygen atoms in total. The van der Waals surface area contributed by atoms with E-state index in [4.69, 9.17) is 6.42 Å². The lowest BCUT2D eigenvalue weighted by Crippen LogP contribution is -2.09. The molecule has 0 saturated heterocycles. The summed E-state index contributed by atoms with van der Waals surface area (Å²) in [6.07, 6.45) is 5.49. The Balaban J connectivity index is 1.74. The second-order valence-corrected chi connectivity index (χ2v) is 6.95. The average molecular weight is 351 g/mol. The zero-order valence-corrected chi connectivity index (χ0v) is 15.0. The first-order valence-corrected chi connectivity index (χ1v) is 9.24. The van der Waals surface area contributed by atoms with E-state index < -0.39 is 0 Å². The summed E-state index contributed by atoms with van der Waals surface area (Å²) in [5.41, 5.74) is 4.58. The van der Waals surface area contributed by atoms with E-state index in [0.29, 0.717) is 0 Å². The summed E-state index contributed by atoms with van der Waals surface area (Å²) in [5.74, 6) is 2.70. The second-order valence-electron chi connectivity index (χ2n) is 5.86. The van der Waals surface area contributed by atoms with Gasteiger partial charge in [-0.05, 0) is 54.1 Å². The number of hydrogen-bond donors (Lipinski definition) is 0. The molecule has 26 heavy (non-hydrogen) atoms. The van der Waals surface area contributed by atoms with Crippen LogP contribution in [0.25, 0.3) is 10.4 Å². The zero-order chi connectivity index (χ0) is 17.8. The molecule has 0 unspecified atom stereocenters. The van der Waals surface area contributed by atoms with Crippen LogP contribution in [0.5, 0.6) is 0 Å². The highest BCUT2D eigenvalue weighted by atomic mass is 32.1. The van der Waals surface area contributed by atoms with Gasteiger partial charge in [-0.25, -0.2) is 0 Å². The Labute approximate surface area is 158 Å². The van der Waals surface area contributed by atoms with Gasteiger partial charge in [-0.15, -0.1) is 17.8 Å². The Morgan fingerprint density at radius 2 is 1.15 bits per heavy atom. The molecule has 1 aromatic heterocycles. The quantitative estimate of drug-likeness (QED) is 0.363. The van der Waals surface area contributed by atoms with Crippen molar-refractivity contribution in [3.05, 3.63) is 102 Å². The number of thiophene rings is 1. The third-order valence-corrected chi connectivity index (χ3v) is 5.25. The molecule has 0 aliphatic carbocycles. The fraction of sp³-hybridized carbons (Fsp3) is 0. The van der Waals surface area contributed by atoms with Gasteiger partial charge in [0, 0.05) is 21.9 Å². The first-order chi connectivity index (χ1) is 12.8. The molecule has 0 bridgehead atoms. The maximum absolute atomic E-state index is 5.49. The van der Waals surface area contributed by atoms with E-state index in [9.17, 15) is 0 Å². The monoisotopic (exact) mass is 351 g/mol. The van der Waals surface area contributed by atoms with Gasteiger partial charge >= 0.3 is 0 Å². The highest BCUT2D eigenvalue weighted by Gasteiger charge is 2.12. The van der Waals surface area contributed by atoms with Crippen molar-refractivity contribution in [3.8, 4) is 22.8 Å². The van der Waals surface area contributed by atoms with E-state index in [2.05, 4.69) is 89.7 Å². The van der Waals surface area contributed by atoms with E-state index >= 15 is 0 Å². The van der Waals surface area contributed by atoms with Crippen LogP contribution < -0.4 is 4.90 Å². The molecular formula is C24H17NS. The van der Waals surface area contributed by atoms with Crippen LogP contribution in [0.15, 0.2) is 97.1 Å². The minimum absolute atomic E-state index is 0.958. The molecular weight excluding hydrogens is 334 g/mol. The number of terminal acetylenes is 1. The summed E-state index contributed by atoms with van der Waals surface area (Å²) in [6.45, 7) is 0. The van der Waals surface area contributed by atoms with Gasteiger partial charge in [-0.2, -0.15) is 0 Å². The summed E-state index contributed by atoms with van der Waals surface area (Å²) in [4.78, 5) is 4.40. The zero-order valence-electron chi connectivity index (χ0n) is 14.2. The van der Waals surface area contributed by atoms with Crippen LogP contribution in [-0.2, 0) is 0 Å². The Kier molecular flexibility index (Phi) is 4.55. The molecule has 0 fully saturated rings. The SMILES string of the molecule is C#Cc1ccc(-c2ccc(N(c3ccccc3)c3ccccc3)cc2)s1. The Bertz CT molecular complexity index is 986. The average Bonchev–Trinajstić information content (AvgIpc) is 3.20. The largest absolute Gasteiger partial charge is 0.311 e. The molecule has 4 aromatic rings. The van der Waals surface area contributed by atoms with Crippen LogP contribution in [-0.4, -0.2) is 0 Å². The molecule has 124 valence electrons. The molecule has 0 N–H and O–H groups in total. The summed E-state index contributed by atoms with van der Waals surface area (Å²) in [7, 11) is 0. The van der Waals surface area contributed by atoms with Crippen molar-refractivity contribution < 1.29 is 0 Å². The van der Waals surface area contributed by atoms with E-state index in [0.717, 1.165) is 21.9 Å². The second kappa shape index (κ2) is 7.31. The van der Waals surface area contributed by atoms with Crippen LogP contribution in [0, 0.1) is 12.3 Å². The molecule has 0 aliphatic heterocycles. The van der Waals surface area contributed by atoms with Crippen molar-refractivity contribution in [2.75, 3.05) is 4.90 Å². The minimum atomic E-state index is 0.958. The summed E-state index contributed by atoms with van der Waals surface area (Å²) in [5, 5.41) is 0. The first kappa shape index (κ1) is 16.2. The fourth-order valence-electron chi connectivity index (χ4n) is 2.95. The van der Waals surface area contributed by atoms with E-state index in [1.165, 1.54) is 10.4 Å². The van der Waals surface area contributed by atoms with Crippen molar-refractivity contribution in [1.29, 1.82) is 0 Å². The number of rotatable bonds is 4. The Morgan fingerprint density at radius 3 is 1.65 bits per heavy atom. The standard InChI is InChI=1S/C24H17NS/c1-2-23-17-18-24(26-23)19-13-15-22(16-14-19)25(20-9-5-3-6-10-20)21-11-7-4-8-12-21/h1,3-18H. The highest BCUT2D eigenvalue weighted by molar-refractivity contribution is 7.16. The molecule has 0 spiro atoms. The number of nitrogens with zero attached hydrogens (tertiary/aromatic N) is 1. The fourth-order valence-corrected chi connectivity index (χ4v) is 3.77. The minimum Gasteiger partial charge on any atom is -0.311 e. The number of anilines is 3. The van der Waals surface area contributed by atoms with Gasteiger partial charge in [0.1, 0.15) is 0 Å². The highest BCUT2D eigenvalue weighted by Crippen LogP contribution is 2.36. The molecule has 0 radical (unpaired) electrons. The molecule has 0 aliphatic rings. The van der Waals surface area contributed by atoms with Gasteiger partial charge in [0.05, 0.1) is 4.88 Å². The van der Waals surface area contributed by atoms with Crippen LogP contribution in [0.4, 0.5) is 17.1 Å². The summed E-state index contributed by atoms with van der Waals surface area (Å²) >= 11 is 1.64. The maximum atomic E-state index is 5.49. The van der Waals surface area contributed by atoms with Gasteiger partial charge in [-0.3, -0.25) is 0 Å². The van der Waals surface area contributed by atoms with Crippen molar-refractivity contribution in [2.24, 2.45) is 0 Å². The topological polar surface area (TPSA) is 3.24 Å². The van der Waals surface area contributed by atoms with Crippen LogP contribution in [0.3, 0.4) is 0 Å². The Hall–Kier alpha value is -3.28. The van der Waals surface area contributed by atoms with Crippen LogP contribution in [0.2, 0.25) is 0 Å². The smallest absolute Gasteiger partial charge is 0.0772 e. The van der Waals surface area contributed by atoms with E-state index in [-0.39, 0.29) is 0 Å². The first-order valence-electron chi connectivity index (χ1n) is 8.42. The third-order valence-electron chi connectivity index (χ3n) is 4.19. The molecule has 0 amide bonds. The lowest BCUT2D eigenvalue weighted by Gasteiger charge is -2.25. The molecule has 2 heteroatoms. The summed E-state index contributed by atoms with van der Waals surface area (Å²) in [6, 6.07) is 33.5. The lowest BCUT2D eigenvalue weighted by molar-refractivity contribution is 1.28. The van der Waals surface area contributed by atoms with Gasteiger partial charge in [0.2, 0.25) is 0 Å². The van der Waals surface area contributed by atoms with Crippen molar-refractivity contribution in [3.63, 3.8) is 0 Å². The van der Waals surface area contributed by atoms with E-state index in [1.807, 2.05) is 18.2 Å². The number of para-hydroxylation sites is 2. The van der Waals surface area contributed by atoms with Crippen molar-refractivity contribution in [2.45, 2.75) is 0 Å². The van der Waals surface area contributed by atoms with E-state index in [1.54, 1.807) is 11.3 Å².